The molecule has 0 bridgehead atoms. The van der Waals surface area contributed by atoms with Crippen LogP contribution in [0.4, 0.5) is 0 Å². The van der Waals surface area contributed by atoms with Crippen molar-refractivity contribution in [3.8, 4) is 0 Å². The molecule has 2 fully saturated rings. The summed E-state index contributed by atoms with van der Waals surface area (Å²) < 4.78 is 5.42. The normalized spacial score (nSPS) is 27.1. The maximum atomic E-state index is 12.0. The molecule has 1 saturated carbocycles. The van der Waals surface area contributed by atoms with E-state index in [1.165, 1.54) is 4.90 Å². The fourth-order valence-electron chi connectivity index (χ4n) is 3.05. The van der Waals surface area contributed by atoms with Crippen LogP contribution in [0, 0.1) is 11.8 Å². The van der Waals surface area contributed by atoms with E-state index in [1.54, 1.807) is 0 Å². The van der Waals surface area contributed by atoms with Crippen LogP contribution < -0.4 is 0 Å². The first-order chi connectivity index (χ1) is 9.76. The van der Waals surface area contributed by atoms with Crippen LogP contribution in [0.5, 0.6) is 0 Å². The molecule has 2 rings (SSSR count). The molecule has 5 nitrogen and oxygen atoms in total. The van der Waals surface area contributed by atoms with E-state index in [9.17, 15) is 14.4 Å². The Morgan fingerprint density at radius 2 is 1.62 bits per heavy atom. The SMILES string of the molecule is CC(C)(C)OC(=O)C1CCC(CN2C(=O)CCC2=O)CC1. The molecule has 0 aromatic carbocycles. The number of imide groups is 1. The molecule has 2 amide bonds. The van der Waals surface area contributed by atoms with Crippen molar-refractivity contribution in [3.63, 3.8) is 0 Å². The molecule has 21 heavy (non-hydrogen) atoms. The minimum absolute atomic E-state index is 0.0366. The van der Waals surface area contributed by atoms with Gasteiger partial charge in [-0.2, -0.15) is 0 Å². The van der Waals surface area contributed by atoms with Gasteiger partial charge >= 0.3 is 5.97 Å². The topological polar surface area (TPSA) is 63.7 Å². The first-order valence-corrected chi connectivity index (χ1v) is 7.82. The second kappa shape index (κ2) is 6.16. The maximum absolute atomic E-state index is 12.0. The molecule has 2 aliphatic rings. The summed E-state index contributed by atoms with van der Waals surface area (Å²) in [5.41, 5.74) is -0.442. The van der Waals surface area contributed by atoms with Crippen LogP contribution in [-0.2, 0) is 19.1 Å². The van der Waals surface area contributed by atoms with Gasteiger partial charge in [0.05, 0.1) is 5.92 Å². The van der Waals surface area contributed by atoms with Crippen molar-refractivity contribution < 1.29 is 19.1 Å². The first-order valence-electron chi connectivity index (χ1n) is 7.82. The third kappa shape index (κ3) is 4.29. The van der Waals surface area contributed by atoms with Gasteiger partial charge in [-0.15, -0.1) is 0 Å². The third-order valence-corrected chi connectivity index (χ3v) is 4.18. The largest absolute Gasteiger partial charge is 0.460 e. The lowest BCUT2D eigenvalue weighted by atomic mass is 9.81. The van der Waals surface area contributed by atoms with Crippen LogP contribution in [0.2, 0.25) is 0 Å². The number of hydrogen-bond donors (Lipinski definition) is 0. The first kappa shape index (κ1) is 16.0. The predicted octanol–water partition coefficient (Wildman–Crippen LogP) is 2.28. The van der Waals surface area contributed by atoms with Crippen LogP contribution in [0.15, 0.2) is 0 Å². The van der Waals surface area contributed by atoms with Gasteiger partial charge in [0.2, 0.25) is 11.8 Å². The molecule has 1 aliphatic heterocycles. The van der Waals surface area contributed by atoms with Crippen molar-refractivity contribution in [1.29, 1.82) is 0 Å². The van der Waals surface area contributed by atoms with Crippen LogP contribution >= 0.6 is 0 Å². The summed E-state index contributed by atoms with van der Waals surface area (Å²) in [6, 6.07) is 0. The zero-order valence-electron chi connectivity index (χ0n) is 13.2. The van der Waals surface area contributed by atoms with Crippen LogP contribution in [0.1, 0.15) is 59.3 Å². The highest BCUT2D eigenvalue weighted by molar-refractivity contribution is 6.01. The van der Waals surface area contributed by atoms with Crippen molar-refractivity contribution in [3.05, 3.63) is 0 Å². The fourth-order valence-corrected chi connectivity index (χ4v) is 3.05. The van der Waals surface area contributed by atoms with Crippen molar-refractivity contribution in [1.82, 2.24) is 4.90 Å². The number of hydrogen-bond acceptors (Lipinski definition) is 4. The smallest absolute Gasteiger partial charge is 0.309 e. The van der Waals surface area contributed by atoms with E-state index in [4.69, 9.17) is 4.74 Å². The molecule has 0 radical (unpaired) electrons. The second-order valence-corrected chi connectivity index (χ2v) is 7.15. The van der Waals surface area contributed by atoms with Crippen molar-refractivity contribution in [2.24, 2.45) is 11.8 Å². The molecule has 0 spiro atoms. The summed E-state index contributed by atoms with van der Waals surface area (Å²) >= 11 is 0. The van der Waals surface area contributed by atoms with Gasteiger partial charge in [-0.05, 0) is 52.4 Å². The predicted molar refractivity (Wildman–Crippen MR) is 77.2 cm³/mol. The summed E-state index contributed by atoms with van der Waals surface area (Å²) in [4.78, 5) is 36.7. The number of carbonyl (C=O) groups excluding carboxylic acids is 3. The van der Waals surface area contributed by atoms with E-state index in [1.807, 2.05) is 20.8 Å². The number of nitrogens with zero attached hydrogens (tertiary/aromatic N) is 1. The Hall–Kier alpha value is -1.39. The average molecular weight is 295 g/mol. The number of amides is 2. The molecular formula is C16H25NO4. The number of likely N-dealkylation sites (tertiary alicyclic amines) is 1. The lowest BCUT2D eigenvalue weighted by Gasteiger charge is -2.31. The molecule has 5 heteroatoms. The minimum Gasteiger partial charge on any atom is -0.460 e. The lowest BCUT2D eigenvalue weighted by Crippen LogP contribution is -2.37. The molecule has 0 aromatic rings. The highest BCUT2D eigenvalue weighted by Gasteiger charge is 2.34. The zero-order valence-corrected chi connectivity index (χ0v) is 13.2. The number of ether oxygens (including phenoxy) is 1. The second-order valence-electron chi connectivity index (χ2n) is 7.15. The van der Waals surface area contributed by atoms with Crippen LogP contribution in [-0.4, -0.2) is 34.8 Å². The van der Waals surface area contributed by atoms with E-state index >= 15 is 0 Å². The van der Waals surface area contributed by atoms with Crippen molar-refractivity contribution in [2.45, 2.75) is 64.9 Å². The zero-order chi connectivity index (χ0) is 15.6. The highest BCUT2D eigenvalue weighted by atomic mass is 16.6. The third-order valence-electron chi connectivity index (χ3n) is 4.18. The monoisotopic (exact) mass is 295 g/mol. The fraction of sp³-hybridized carbons (Fsp3) is 0.812. The molecular weight excluding hydrogens is 270 g/mol. The van der Waals surface area contributed by atoms with Crippen molar-refractivity contribution in [2.75, 3.05) is 6.54 Å². The van der Waals surface area contributed by atoms with E-state index in [2.05, 4.69) is 0 Å². The van der Waals surface area contributed by atoms with E-state index in [-0.39, 0.29) is 23.7 Å². The Morgan fingerprint density at radius 3 is 2.10 bits per heavy atom. The van der Waals surface area contributed by atoms with Gasteiger partial charge in [-0.1, -0.05) is 0 Å². The quantitative estimate of drug-likeness (QED) is 0.592. The molecule has 1 heterocycles. The molecule has 1 saturated heterocycles. The Balaban J connectivity index is 1.79. The van der Waals surface area contributed by atoms with Crippen LogP contribution in [0.3, 0.4) is 0 Å². The summed E-state index contributed by atoms with van der Waals surface area (Å²) in [6.07, 6.45) is 4.03. The Morgan fingerprint density at radius 1 is 1.10 bits per heavy atom. The van der Waals surface area contributed by atoms with Gasteiger partial charge in [0, 0.05) is 19.4 Å². The van der Waals surface area contributed by atoms with E-state index < -0.39 is 5.60 Å². The maximum Gasteiger partial charge on any atom is 0.309 e. The molecule has 0 atom stereocenters. The van der Waals surface area contributed by atoms with Gasteiger partial charge in [0.15, 0.2) is 0 Å². The summed E-state index contributed by atoms with van der Waals surface area (Å²) in [7, 11) is 0. The molecule has 118 valence electrons. The van der Waals surface area contributed by atoms with Gasteiger partial charge in [-0.25, -0.2) is 0 Å². The summed E-state index contributed by atoms with van der Waals surface area (Å²) in [5, 5.41) is 0. The van der Waals surface area contributed by atoms with Crippen LogP contribution in [0.25, 0.3) is 0 Å². The Bertz CT molecular complexity index is 414. The van der Waals surface area contributed by atoms with Gasteiger partial charge in [-0.3, -0.25) is 19.3 Å². The standard InChI is InChI=1S/C16H25NO4/c1-16(2,3)21-15(20)12-6-4-11(5-7-12)10-17-13(18)8-9-14(17)19/h11-12H,4-10H2,1-3H3. The van der Waals surface area contributed by atoms with Gasteiger partial charge in [0.25, 0.3) is 0 Å². The highest BCUT2D eigenvalue weighted by Crippen LogP contribution is 2.32. The molecule has 0 unspecified atom stereocenters. The molecule has 0 aromatic heterocycles. The average Bonchev–Trinajstić information content (AvgIpc) is 2.69. The molecule has 0 N–H and O–H groups in total. The minimum atomic E-state index is -0.442. The number of carbonyl (C=O) groups is 3. The summed E-state index contributed by atoms with van der Waals surface area (Å²) in [5.74, 6) is 0.0814. The number of esters is 1. The van der Waals surface area contributed by atoms with Gasteiger partial charge < -0.3 is 4.74 Å². The summed E-state index contributed by atoms with van der Waals surface area (Å²) in [6.45, 7) is 6.15. The number of rotatable bonds is 3. The van der Waals surface area contributed by atoms with E-state index in [0.29, 0.717) is 25.3 Å². The lowest BCUT2D eigenvalue weighted by molar-refractivity contribution is -0.161. The van der Waals surface area contributed by atoms with Crippen molar-refractivity contribution >= 4 is 17.8 Å². The van der Waals surface area contributed by atoms with E-state index in [0.717, 1.165) is 25.7 Å². The Kier molecular flexibility index (Phi) is 4.69. The molecule has 1 aliphatic carbocycles. The Labute approximate surface area is 126 Å². The van der Waals surface area contributed by atoms with Gasteiger partial charge in [0.1, 0.15) is 5.60 Å².